The molecular weight excluding hydrogens is 264 g/mol. The minimum Gasteiger partial charge on any atom is -0.480 e. The van der Waals surface area contributed by atoms with Gasteiger partial charge in [0, 0.05) is 16.5 Å². The summed E-state index contributed by atoms with van der Waals surface area (Å²) in [4.78, 5) is 11.7. The second-order valence-electron chi connectivity index (χ2n) is 5.72. The molecule has 4 heteroatoms. The summed E-state index contributed by atoms with van der Waals surface area (Å²) in [5.74, 6) is -0.678. The Kier molecular flexibility index (Phi) is 3.06. The van der Waals surface area contributed by atoms with Gasteiger partial charge >= 0.3 is 5.97 Å². The Bertz CT molecular complexity index is 759. The first-order chi connectivity index (χ1) is 10.1. The lowest BCUT2D eigenvalue weighted by molar-refractivity contribution is -0.142. The van der Waals surface area contributed by atoms with Crippen LogP contribution in [0.2, 0.25) is 0 Å². The average Bonchev–Trinajstić information content (AvgIpc) is 3.32. The summed E-state index contributed by atoms with van der Waals surface area (Å²) in [7, 11) is 0. The minimum absolute atomic E-state index is 0.157. The standard InChI is InChI=1S/C17H16N2O2/c1-17(16(20)21,12-7-8-12)19-15-9-6-11(10-18)13-4-2-3-5-14(13)15/h2-6,9,12,19H,7-8H2,1H3,(H,20,21). The predicted molar refractivity (Wildman–Crippen MR) is 81.1 cm³/mol. The highest BCUT2D eigenvalue weighted by Crippen LogP contribution is 2.42. The molecule has 0 bridgehead atoms. The highest BCUT2D eigenvalue weighted by atomic mass is 16.4. The van der Waals surface area contributed by atoms with Gasteiger partial charge in [0.25, 0.3) is 0 Å². The van der Waals surface area contributed by atoms with Crippen LogP contribution in [0.1, 0.15) is 25.3 Å². The number of nitrogens with zero attached hydrogens (tertiary/aromatic N) is 1. The third-order valence-electron chi connectivity index (χ3n) is 4.28. The second-order valence-corrected chi connectivity index (χ2v) is 5.72. The Hall–Kier alpha value is -2.54. The molecular formula is C17H16N2O2. The molecule has 21 heavy (non-hydrogen) atoms. The monoisotopic (exact) mass is 280 g/mol. The Morgan fingerprint density at radius 2 is 1.95 bits per heavy atom. The minimum atomic E-state index is -0.961. The molecule has 1 aliphatic carbocycles. The lowest BCUT2D eigenvalue weighted by Crippen LogP contribution is -2.45. The summed E-state index contributed by atoms with van der Waals surface area (Å²) in [5.41, 5.74) is 0.401. The molecule has 1 fully saturated rings. The average molecular weight is 280 g/mol. The van der Waals surface area contributed by atoms with Crippen LogP contribution >= 0.6 is 0 Å². The molecule has 1 saturated carbocycles. The van der Waals surface area contributed by atoms with Gasteiger partial charge in [-0.1, -0.05) is 24.3 Å². The molecule has 106 valence electrons. The molecule has 2 N–H and O–H groups in total. The number of anilines is 1. The first-order valence-corrected chi connectivity index (χ1v) is 6.99. The van der Waals surface area contributed by atoms with E-state index in [4.69, 9.17) is 0 Å². The first kappa shape index (κ1) is 13.4. The number of carboxylic acids is 1. The van der Waals surface area contributed by atoms with Crippen molar-refractivity contribution < 1.29 is 9.90 Å². The van der Waals surface area contributed by atoms with Gasteiger partial charge in [-0.25, -0.2) is 4.79 Å². The summed E-state index contributed by atoms with van der Waals surface area (Å²) >= 11 is 0. The fraction of sp³-hybridized carbons (Fsp3) is 0.294. The number of benzene rings is 2. The van der Waals surface area contributed by atoms with E-state index in [1.807, 2.05) is 24.3 Å². The largest absolute Gasteiger partial charge is 0.480 e. The van der Waals surface area contributed by atoms with Gasteiger partial charge in [-0.15, -0.1) is 0 Å². The summed E-state index contributed by atoms with van der Waals surface area (Å²) in [6.45, 7) is 1.74. The molecule has 1 atom stereocenters. The smallest absolute Gasteiger partial charge is 0.329 e. The van der Waals surface area contributed by atoms with Crippen molar-refractivity contribution in [2.75, 3.05) is 5.32 Å². The van der Waals surface area contributed by atoms with E-state index in [1.165, 1.54) is 0 Å². The zero-order valence-corrected chi connectivity index (χ0v) is 11.8. The number of nitrogens with one attached hydrogen (secondary N) is 1. The molecule has 0 heterocycles. The molecule has 0 amide bonds. The maximum atomic E-state index is 11.7. The van der Waals surface area contributed by atoms with Gasteiger partial charge in [0.2, 0.25) is 0 Å². The molecule has 1 aliphatic rings. The van der Waals surface area contributed by atoms with Crippen LogP contribution in [0.3, 0.4) is 0 Å². The van der Waals surface area contributed by atoms with Crippen LogP contribution in [0, 0.1) is 17.2 Å². The van der Waals surface area contributed by atoms with Gasteiger partial charge in [-0.3, -0.25) is 0 Å². The summed E-state index contributed by atoms with van der Waals surface area (Å²) in [5, 5.41) is 23.7. The molecule has 0 aromatic heterocycles. The van der Waals surface area contributed by atoms with Gasteiger partial charge in [-0.05, 0) is 37.8 Å². The summed E-state index contributed by atoms with van der Waals surface area (Å²) < 4.78 is 0. The second kappa shape index (κ2) is 4.78. The number of aliphatic carboxylic acids is 1. The third-order valence-corrected chi connectivity index (χ3v) is 4.28. The maximum absolute atomic E-state index is 11.7. The van der Waals surface area contributed by atoms with Crippen molar-refractivity contribution in [3.63, 3.8) is 0 Å². The van der Waals surface area contributed by atoms with E-state index in [1.54, 1.807) is 19.1 Å². The fourth-order valence-corrected chi connectivity index (χ4v) is 2.78. The summed E-state index contributed by atoms with van der Waals surface area (Å²) in [6, 6.07) is 13.3. The molecule has 0 spiro atoms. The fourth-order valence-electron chi connectivity index (χ4n) is 2.78. The van der Waals surface area contributed by atoms with Crippen LogP contribution in [0.25, 0.3) is 10.8 Å². The van der Waals surface area contributed by atoms with E-state index in [2.05, 4.69) is 11.4 Å². The number of fused-ring (bicyclic) bond motifs is 1. The quantitative estimate of drug-likeness (QED) is 0.900. The molecule has 0 radical (unpaired) electrons. The predicted octanol–water partition coefficient (Wildman–Crippen LogP) is 3.38. The van der Waals surface area contributed by atoms with Crippen LogP contribution < -0.4 is 5.32 Å². The maximum Gasteiger partial charge on any atom is 0.329 e. The van der Waals surface area contributed by atoms with Crippen molar-refractivity contribution >= 4 is 22.4 Å². The number of hydrogen-bond acceptors (Lipinski definition) is 3. The topological polar surface area (TPSA) is 73.1 Å². The SMILES string of the molecule is CC(Nc1ccc(C#N)c2ccccc12)(C(=O)O)C1CC1. The van der Waals surface area contributed by atoms with E-state index in [-0.39, 0.29) is 5.92 Å². The Labute approximate surface area is 123 Å². The number of carboxylic acid groups (broad SMARTS) is 1. The number of rotatable bonds is 4. The zero-order chi connectivity index (χ0) is 15.0. The van der Waals surface area contributed by atoms with Crippen molar-refractivity contribution in [1.82, 2.24) is 0 Å². The van der Waals surface area contributed by atoms with Gasteiger partial charge in [-0.2, -0.15) is 5.26 Å². The molecule has 0 saturated heterocycles. The van der Waals surface area contributed by atoms with Gasteiger partial charge < -0.3 is 10.4 Å². The lowest BCUT2D eigenvalue weighted by Gasteiger charge is -2.28. The Morgan fingerprint density at radius 1 is 1.29 bits per heavy atom. The van der Waals surface area contributed by atoms with Crippen molar-refractivity contribution in [1.29, 1.82) is 5.26 Å². The molecule has 2 aromatic rings. The highest BCUT2D eigenvalue weighted by Gasteiger charge is 2.47. The van der Waals surface area contributed by atoms with Crippen LogP contribution in [-0.2, 0) is 4.79 Å². The van der Waals surface area contributed by atoms with E-state index in [0.717, 1.165) is 29.3 Å². The molecule has 2 aromatic carbocycles. The van der Waals surface area contributed by atoms with E-state index in [0.29, 0.717) is 5.56 Å². The van der Waals surface area contributed by atoms with Crippen molar-refractivity contribution in [2.24, 2.45) is 5.92 Å². The van der Waals surface area contributed by atoms with Crippen molar-refractivity contribution in [3.8, 4) is 6.07 Å². The molecule has 4 nitrogen and oxygen atoms in total. The van der Waals surface area contributed by atoms with Crippen molar-refractivity contribution in [2.45, 2.75) is 25.3 Å². The van der Waals surface area contributed by atoms with Crippen molar-refractivity contribution in [3.05, 3.63) is 42.0 Å². The number of hydrogen-bond donors (Lipinski definition) is 2. The normalized spacial score (nSPS) is 17.0. The third kappa shape index (κ3) is 2.21. The Morgan fingerprint density at radius 3 is 2.52 bits per heavy atom. The van der Waals surface area contributed by atoms with E-state index in [9.17, 15) is 15.2 Å². The first-order valence-electron chi connectivity index (χ1n) is 6.99. The van der Waals surface area contributed by atoms with E-state index < -0.39 is 11.5 Å². The highest BCUT2D eigenvalue weighted by molar-refractivity contribution is 5.99. The zero-order valence-electron chi connectivity index (χ0n) is 11.8. The van der Waals surface area contributed by atoms with Gasteiger partial charge in [0.05, 0.1) is 11.6 Å². The van der Waals surface area contributed by atoms with Crippen LogP contribution in [0.5, 0.6) is 0 Å². The van der Waals surface area contributed by atoms with Crippen LogP contribution in [0.15, 0.2) is 36.4 Å². The molecule has 0 aliphatic heterocycles. The summed E-state index contributed by atoms with van der Waals surface area (Å²) in [6.07, 6.45) is 1.87. The van der Waals surface area contributed by atoms with Crippen LogP contribution in [-0.4, -0.2) is 16.6 Å². The molecule has 1 unspecified atom stereocenters. The number of nitriles is 1. The van der Waals surface area contributed by atoms with Gasteiger partial charge in [0.15, 0.2) is 0 Å². The van der Waals surface area contributed by atoms with E-state index >= 15 is 0 Å². The lowest BCUT2D eigenvalue weighted by atomic mass is 9.94. The Balaban J connectivity index is 2.09. The molecule has 3 rings (SSSR count). The number of carbonyl (C=O) groups is 1. The van der Waals surface area contributed by atoms with Gasteiger partial charge in [0.1, 0.15) is 5.54 Å². The van der Waals surface area contributed by atoms with Crippen LogP contribution in [0.4, 0.5) is 5.69 Å².